The number of benzene rings is 1. The Morgan fingerprint density at radius 3 is 2.42 bits per heavy atom. The van der Waals surface area contributed by atoms with Crippen LogP contribution in [0.2, 0.25) is 0 Å². The Hall–Kier alpha value is -1.92. The first-order valence-corrected chi connectivity index (χ1v) is 8.68. The van der Waals surface area contributed by atoms with E-state index in [9.17, 15) is 9.59 Å². The number of hydrogen-bond acceptors (Lipinski definition) is 4. The lowest BCUT2D eigenvalue weighted by Gasteiger charge is -2.44. The van der Waals surface area contributed by atoms with Gasteiger partial charge in [0.05, 0.1) is 6.04 Å². The fourth-order valence-corrected chi connectivity index (χ4v) is 3.56. The molecular formula is C18H26N4O2. The van der Waals surface area contributed by atoms with Crippen LogP contribution < -0.4 is 10.9 Å². The molecule has 130 valence electrons. The van der Waals surface area contributed by atoms with Gasteiger partial charge in [0.1, 0.15) is 0 Å². The number of hydrogen-bond donors (Lipinski definition) is 2. The zero-order valence-corrected chi connectivity index (χ0v) is 14.4. The average Bonchev–Trinajstić information content (AvgIpc) is 2.62. The third kappa shape index (κ3) is 3.60. The zero-order chi connectivity index (χ0) is 17.1. The Morgan fingerprint density at radius 1 is 1.12 bits per heavy atom. The predicted octanol–water partition coefficient (Wildman–Crippen LogP) is 0.921. The van der Waals surface area contributed by atoms with Crippen molar-refractivity contribution in [2.75, 3.05) is 26.2 Å². The Bertz CT molecular complexity index is 582. The first-order chi connectivity index (χ1) is 11.6. The quantitative estimate of drug-likeness (QED) is 0.865. The molecule has 0 aliphatic carbocycles. The van der Waals surface area contributed by atoms with Crippen molar-refractivity contribution in [1.29, 1.82) is 0 Å². The van der Waals surface area contributed by atoms with E-state index in [1.807, 2.05) is 36.9 Å². The summed E-state index contributed by atoms with van der Waals surface area (Å²) in [6, 6.07) is 10.4. The van der Waals surface area contributed by atoms with Crippen LogP contribution in [0.5, 0.6) is 0 Å². The van der Waals surface area contributed by atoms with E-state index in [2.05, 4.69) is 27.9 Å². The van der Waals surface area contributed by atoms with E-state index in [1.54, 1.807) is 0 Å². The Morgan fingerprint density at radius 2 is 1.79 bits per heavy atom. The van der Waals surface area contributed by atoms with E-state index in [4.69, 9.17) is 0 Å². The first kappa shape index (κ1) is 16.9. The highest BCUT2D eigenvalue weighted by molar-refractivity contribution is 5.78. The molecule has 0 saturated carbocycles. The summed E-state index contributed by atoms with van der Waals surface area (Å²) >= 11 is 0. The van der Waals surface area contributed by atoms with Crippen LogP contribution in [-0.2, 0) is 9.59 Å². The van der Waals surface area contributed by atoms with Crippen LogP contribution in [0.1, 0.15) is 31.9 Å². The highest BCUT2D eigenvalue weighted by Gasteiger charge is 2.36. The first-order valence-electron chi connectivity index (χ1n) is 8.68. The molecule has 1 aromatic rings. The van der Waals surface area contributed by atoms with Gasteiger partial charge >= 0.3 is 0 Å². The molecule has 2 unspecified atom stereocenters. The van der Waals surface area contributed by atoms with Gasteiger partial charge in [0.2, 0.25) is 11.8 Å². The van der Waals surface area contributed by atoms with Crippen molar-refractivity contribution in [2.45, 2.75) is 32.4 Å². The largest absolute Gasteiger partial charge is 0.340 e. The monoisotopic (exact) mass is 330 g/mol. The number of carbonyl (C=O) groups is 2. The maximum atomic E-state index is 12.1. The normalized spacial score (nSPS) is 25.6. The summed E-state index contributed by atoms with van der Waals surface area (Å²) in [5.41, 5.74) is 7.09. The Kier molecular flexibility index (Phi) is 5.16. The van der Waals surface area contributed by atoms with Crippen molar-refractivity contribution in [2.24, 2.45) is 5.92 Å². The van der Waals surface area contributed by atoms with Crippen LogP contribution in [0.25, 0.3) is 0 Å². The van der Waals surface area contributed by atoms with Crippen LogP contribution in [0, 0.1) is 5.92 Å². The van der Waals surface area contributed by atoms with E-state index in [0.29, 0.717) is 6.42 Å². The highest BCUT2D eigenvalue weighted by Crippen LogP contribution is 2.26. The number of piperazine rings is 1. The molecule has 3 rings (SSSR count). The topological polar surface area (TPSA) is 64.7 Å². The summed E-state index contributed by atoms with van der Waals surface area (Å²) in [4.78, 5) is 28.3. The van der Waals surface area contributed by atoms with Crippen molar-refractivity contribution in [3.63, 3.8) is 0 Å². The molecule has 2 saturated heterocycles. The van der Waals surface area contributed by atoms with Gasteiger partial charge in [-0.2, -0.15) is 0 Å². The van der Waals surface area contributed by atoms with Gasteiger partial charge in [-0.05, 0) is 5.56 Å². The summed E-state index contributed by atoms with van der Waals surface area (Å²) in [7, 11) is 0. The molecule has 1 aromatic carbocycles. The smallest absolute Gasteiger partial charge is 0.235 e. The minimum Gasteiger partial charge on any atom is -0.340 e. The van der Waals surface area contributed by atoms with Crippen molar-refractivity contribution < 1.29 is 9.59 Å². The lowest BCUT2D eigenvalue weighted by molar-refractivity contribution is -0.137. The third-order valence-electron chi connectivity index (χ3n) is 4.89. The molecule has 2 aliphatic heterocycles. The molecule has 24 heavy (non-hydrogen) atoms. The highest BCUT2D eigenvalue weighted by atomic mass is 16.2. The second-order valence-electron chi connectivity index (χ2n) is 6.87. The summed E-state index contributed by atoms with van der Waals surface area (Å²) < 4.78 is 0. The summed E-state index contributed by atoms with van der Waals surface area (Å²) in [6.45, 7) is 6.96. The van der Waals surface area contributed by atoms with Crippen molar-refractivity contribution in [1.82, 2.24) is 20.7 Å². The second-order valence-corrected chi connectivity index (χ2v) is 6.87. The van der Waals surface area contributed by atoms with Crippen molar-refractivity contribution in [3.8, 4) is 0 Å². The standard InChI is InChI=1S/C18H26N4O2/c1-13(2)18(24)22-10-8-21(9-11-22)15-12-16(23)19-20-17(15)14-6-4-3-5-7-14/h3-7,13,15,17,20H,8-12H2,1-2H3,(H,19,23). The molecule has 2 atom stereocenters. The number of nitrogens with zero attached hydrogens (tertiary/aromatic N) is 2. The van der Waals surface area contributed by atoms with E-state index >= 15 is 0 Å². The Balaban J connectivity index is 1.69. The zero-order valence-electron chi connectivity index (χ0n) is 14.4. The van der Waals surface area contributed by atoms with Gasteiger partial charge in [0.25, 0.3) is 0 Å². The van der Waals surface area contributed by atoms with Gasteiger partial charge in [-0.25, -0.2) is 5.43 Å². The summed E-state index contributed by atoms with van der Waals surface area (Å²) in [6.07, 6.45) is 0.477. The molecular weight excluding hydrogens is 304 g/mol. The van der Waals surface area contributed by atoms with Gasteiger partial charge in [-0.1, -0.05) is 44.2 Å². The minimum atomic E-state index is 0.0212. The summed E-state index contributed by atoms with van der Waals surface area (Å²) in [5.74, 6) is 0.275. The predicted molar refractivity (Wildman–Crippen MR) is 91.9 cm³/mol. The fourth-order valence-electron chi connectivity index (χ4n) is 3.56. The molecule has 2 heterocycles. The summed E-state index contributed by atoms with van der Waals surface area (Å²) in [5, 5.41) is 0. The maximum absolute atomic E-state index is 12.1. The number of carbonyl (C=O) groups excluding carboxylic acids is 2. The van der Waals surface area contributed by atoms with Crippen LogP contribution in [0.15, 0.2) is 30.3 Å². The van der Waals surface area contributed by atoms with Crippen LogP contribution in [0.4, 0.5) is 0 Å². The lowest BCUT2D eigenvalue weighted by atomic mass is 9.93. The molecule has 2 aliphatic rings. The van der Waals surface area contributed by atoms with Crippen molar-refractivity contribution in [3.05, 3.63) is 35.9 Å². The van der Waals surface area contributed by atoms with Gasteiger partial charge in [0.15, 0.2) is 0 Å². The third-order valence-corrected chi connectivity index (χ3v) is 4.89. The Labute approximate surface area is 143 Å². The van der Waals surface area contributed by atoms with Gasteiger partial charge in [-0.15, -0.1) is 0 Å². The maximum Gasteiger partial charge on any atom is 0.235 e. The van der Waals surface area contributed by atoms with Crippen LogP contribution in [0.3, 0.4) is 0 Å². The fraction of sp³-hybridized carbons (Fsp3) is 0.556. The van der Waals surface area contributed by atoms with Gasteiger partial charge in [-0.3, -0.25) is 19.9 Å². The molecule has 0 radical (unpaired) electrons. The number of amides is 2. The van der Waals surface area contributed by atoms with E-state index < -0.39 is 0 Å². The van der Waals surface area contributed by atoms with Crippen molar-refractivity contribution >= 4 is 11.8 Å². The molecule has 6 heteroatoms. The molecule has 0 bridgehead atoms. The average molecular weight is 330 g/mol. The van der Waals surface area contributed by atoms with Gasteiger partial charge < -0.3 is 4.90 Å². The van der Waals surface area contributed by atoms with Gasteiger partial charge in [0, 0.05) is 44.6 Å². The number of rotatable bonds is 3. The molecule has 0 aromatic heterocycles. The van der Waals surface area contributed by atoms with E-state index in [-0.39, 0.29) is 29.8 Å². The van der Waals surface area contributed by atoms with Crippen LogP contribution >= 0.6 is 0 Å². The molecule has 2 fully saturated rings. The van der Waals surface area contributed by atoms with E-state index in [1.165, 1.54) is 5.56 Å². The molecule has 6 nitrogen and oxygen atoms in total. The molecule has 0 spiro atoms. The lowest BCUT2D eigenvalue weighted by Crippen LogP contribution is -2.61. The number of nitrogens with one attached hydrogen (secondary N) is 2. The van der Waals surface area contributed by atoms with E-state index in [0.717, 1.165) is 26.2 Å². The minimum absolute atomic E-state index is 0.0212. The SMILES string of the molecule is CC(C)C(=O)N1CCN(C2CC(=O)NNC2c2ccccc2)CC1. The molecule has 2 N–H and O–H groups in total. The van der Waals surface area contributed by atoms with Crippen LogP contribution in [-0.4, -0.2) is 53.8 Å². The number of hydrazine groups is 1. The second kappa shape index (κ2) is 7.32. The molecule has 2 amide bonds.